The van der Waals surface area contributed by atoms with Gasteiger partial charge in [0.25, 0.3) is 0 Å². The average molecular weight is 216 g/mol. The van der Waals surface area contributed by atoms with Crippen molar-refractivity contribution in [2.75, 3.05) is 0 Å². The van der Waals surface area contributed by atoms with Gasteiger partial charge in [-0.2, -0.15) is 11.3 Å². The predicted molar refractivity (Wildman–Crippen MR) is 63.5 cm³/mol. The molecule has 0 aliphatic heterocycles. The molecule has 2 rings (SSSR count). The number of hydrogen-bond acceptors (Lipinski definition) is 2. The van der Waals surface area contributed by atoms with Gasteiger partial charge in [-0.05, 0) is 34.9 Å². The molecule has 1 nitrogen and oxygen atoms in total. The minimum Gasteiger partial charge on any atom is -0.294 e. The molecule has 0 spiro atoms. The third-order valence-corrected chi connectivity index (χ3v) is 3.12. The topological polar surface area (TPSA) is 17.1 Å². The molecule has 0 N–H and O–H groups in total. The number of aryl methyl sites for hydroxylation is 1. The standard InChI is InChI=1S/C13H12OS/c1-10-4-2-3-5-12(10)13(14)8-11-6-7-15-9-11/h2-7,9H,8H2,1H3. The molecule has 1 heterocycles. The molecule has 0 aliphatic carbocycles. The van der Waals surface area contributed by atoms with Crippen molar-refractivity contribution in [1.29, 1.82) is 0 Å². The summed E-state index contributed by atoms with van der Waals surface area (Å²) < 4.78 is 0. The Morgan fingerprint density at radius 3 is 2.73 bits per heavy atom. The summed E-state index contributed by atoms with van der Waals surface area (Å²) in [5, 5.41) is 4.02. The van der Waals surface area contributed by atoms with Crippen molar-refractivity contribution < 1.29 is 4.79 Å². The van der Waals surface area contributed by atoms with Crippen molar-refractivity contribution >= 4 is 17.1 Å². The Hall–Kier alpha value is -1.41. The molecule has 2 heteroatoms. The zero-order valence-electron chi connectivity index (χ0n) is 8.57. The number of carbonyl (C=O) groups is 1. The summed E-state index contributed by atoms with van der Waals surface area (Å²) in [5.74, 6) is 0.200. The van der Waals surface area contributed by atoms with E-state index in [0.29, 0.717) is 6.42 Å². The van der Waals surface area contributed by atoms with Crippen molar-refractivity contribution in [3.8, 4) is 0 Å². The van der Waals surface area contributed by atoms with Crippen LogP contribution in [0.25, 0.3) is 0 Å². The van der Waals surface area contributed by atoms with Gasteiger partial charge >= 0.3 is 0 Å². The average Bonchev–Trinajstić information content (AvgIpc) is 2.71. The molecule has 0 saturated heterocycles. The number of carbonyl (C=O) groups excluding carboxylic acids is 1. The van der Waals surface area contributed by atoms with Gasteiger partial charge in [0.2, 0.25) is 0 Å². The number of Topliss-reactive ketones (excluding diaryl/α,β-unsaturated/α-hetero) is 1. The lowest BCUT2D eigenvalue weighted by Crippen LogP contribution is -2.04. The van der Waals surface area contributed by atoms with Crippen LogP contribution in [0.2, 0.25) is 0 Å². The van der Waals surface area contributed by atoms with Gasteiger partial charge in [-0.15, -0.1) is 0 Å². The molecule has 0 fully saturated rings. The smallest absolute Gasteiger partial charge is 0.167 e. The normalized spacial score (nSPS) is 10.2. The van der Waals surface area contributed by atoms with Gasteiger partial charge in [0, 0.05) is 12.0 Å². The molecule has 1 aromatic carbocycles. The van der Waals surface area contributed by atoms with Crippen LogP contribution in [0.15, 0.2) is 41.1 Å². The van der Waals surface area contributed by atoms with Crippen LogP contribution in [0.5, 0.6) is 0 Å². The number of rotatable bonds is 3. The van der Waals surface area contributed by atoms with Crippen LogP contribution in [0.3, 0.4) is 0 Å². The Kier molecular flexibility index (Phi) is 2.97. The summed E-state index contributed by atoms with van der Waals surface area (Å²) in [6.07, 6.45) is 0.508. The lowest BCUT2D eigenvalue weighted by Gasteiger charge is -2.02. The van der Waals surface area contributed by atoms with E-state index in [1.54, 1.807) is 11.3 Å². The first-order chi connectivity index (χ1) is 7.27. The van der Waals surface area contributed by atoms with Gasteiger partial charge in [0.15, 0.2) is 5.78 Å². The highest BCUT2D eigenvalue weighted by Gasteiger charge is 2.08. The Labute approximate surface area is 93.4 Å². The van der Waals surface area contributed by atoms with Crippen molar-refractivity contribution in [2.24, 2.45) is 0 Å². The second-order valence-corrected chi connectivity index (χ2v) is 4.33. The van der Waals surface area contributed by atoms with Gasteiger partial charge < -0.3 is 0 Å². The van der Waals surface area contributed by atoms with Crippen LogP contribution >= 0.6 is 11.3 Å². The van der Waals surface area contributed by atoms with Crippen LogP contribution in [-0.2, 0) is 6.42 Å². The molecule has 0 amide bonds. The van der Waals surface area contributed by atoms with E-state index in [2.05, 4.69) is 0 Å². The quantitative estimate of drug-likeness (QED) is 0.718. The van der Waals surface area contributed by atoms with Gasteiger partial charge in [0.1, 0.15) is 0 Å². The fourth-order valence-corrected chi connectivity index (χ4v) is 2.23. The second-order valence-electron chi connectivity index (χ2n) is 3.55. The fourth-order valence-electron chi connectivity index (χ4n) is 1.56. The van der Waals surface area contributed by atoms with E-state index in [9.17, 15) is 4.79 Å². The molecule has 1 aromatic heterocycles. The van der Waals surface area contributed by atoms with Crippen LogP contribution in [-0.4, -0.2) is 5.78 Å². The molecular weight excluding hydrogens is 204 g/mol. The Morgan fingerprint density at radius 1 is 1.27 bits per heavy atom. The Morgan fingerprint density at radius 2 is 2.07 bits per heavy atom. The van der Waals surface area contributed by atoms with Crippen molar-refractivity contribution in [2.45, 2.75) is 13.3 Å². The van der Waals surface area contributed by atoms with Crippen LogP contribution in [0, 0.1) is 6.92 Å². The largest absolute Gasteiger partial charge is 0.294 e. The molecule has 76 valence electrons. The Bertz CT molecular complexity index is 457. The highest BCUT2D eigenvalue weighted by Crippen LogP contribution is 2.13. The highest BCUT2D eigenvalue weighted by molar-refractivity contribution is 7.08. The predicted octanol–water partition coefficient (Wildman–Crippen LogP) is 3.48. The summed E-state index contributed by atoms with van der Waals surface area (Å²) in [4.78, 5) is 11.9. The van der Waals surface area contributed by atoms with E-state index in [-0.39, 0.29) is 5.78 Å². The number of hydrogen-bond donors (Lipinski definition) is 0. The maximum absolute atomic E-state index is 11.9. The number of benzene rings is 1. The summed E-state index contributed by atoms with van der Waals surface area (Å²) >= 11 is 1.63. The van der Waals surface area contributed by atoms with E-state index in [0.717, 1.165) is 16.7 Å². The number of thiophene rings is 1. The maximum atomic E-state index is 11.9. The molecule has 0 atom stereocenters. The van der Waals surface area contributed by atoms with E-state index in [4.69, 9.17) is 0 Å². The Balaban J connectivity index is 2.19. The minimum absolute atomic E-state index is 0.200. The highest BCUT2D eigenvalue weighted by atomic mass is 32.1. The first-order valence-corrected chi connectivity index (χ1v) is 5.81. The third-order valence-electron chi connectivity index (χ3n) is 2.39. The van der Waals surface area contributed by atoms with Gasteiger partial charge in [-0.1, -0.05) is 24.3 Å². The number of ketones is 1. The molecule has 0 aliphatic rings. The summed E-state index contributed by atoms with van der Waals surface area (Å²) in [5.41, 5.74) is 3.00. The molecule has 2 aromatic rings. The lowest BCUT2D eigenvalue weighted by atomic mass is 10.0. The molecule has 0 saturated carbocycles. The zero-order chi connectivity index (χ0) is 10.7. The van der Waals surface area contributed by atoms with Crippen LogP contribution in [0.1, 0.15) is 21.5 Å². The maximum Gasteiger partial charge on any atom is 0.167 e. The summed E-state index contributed by atoms with van der Waals surface area (Å²) in [6, 6.07) is 9.73. The van der Waals surface area contributed by atoms with Crippen LogP contribution < -0.4 is 0 Å². The van der Waals surface area contributed by atoms with Crippen LogP contribution in [0.4, 0.5) is 0 Å². The van der Waals surface area contributed by atoms with Gasteiger partial charge in [-0.3, -0.25) is 4.79 Å². The molecule has 0 unspecified atom stereocenters. The zero-order valence-corrected chi connectivity index (χ0v) is 9.38. The summed E-state index contributed by atoms with van der Waals surface area (Å²) in [6.45, 7) is 1.97. The van der Waals surface area contributed by atoms with Crippen molar-refractivity contribution in [3.05, 3.63) is 57.8 Å². The van der Waals surface area contributed by atoms with Crippen molar-refractivity contribution in [1.82, 2.24) is 0 Å². The minimum atomic E-state index is 0.200. The molecule has 0 bridgehead atoms. The van der Waals surface area contributed by atoms with E-state index in [1.165, 1.54) is 0 Å². The van der Waals surface area contributed by atoms with Gasteiger partial charge in [-0.25, -0.2) is 0 Å². The van der Waals surface area contributed by atoms with E-state index in [1.807, 2.05) is 48.0 Å². The lowest BCUT2D eigenvalue weighted by molar-refractivity contribution is 0.0992. The third kappa shape index (κ3) is 2.34. The molecule has 15 heavy (non-hydrogen) atoms. The first kappa shape index (κ1) is 10.1. The SMILES string of the molecule is Cc1ccccc1C(=O)Cc1ccsc1. The first-order valence-electron chi connectivity index (χ1n) is 4.87. The summed E-state index contributed by atoms with van der Waals surface area (Å²) in [7, 11) is 0. The van der Waals surface area contributed by atoms with Crippen molar-refractivity contribution in [3.63, 3.8) is 0 Å². The molecule has 0 radical (unpaired) electrons. The van der Waals surface area contributed by atoms with E-state index >= 15 is 0 Å². The van der Waals surface area contributed by atoms with Gasteiger partial charge in [0.05, 0.1) is 0 Å². The monoisotopic (exact) mass is 216 g/mol. The fraction of sp³-hybridized carbons (Fsp3) is 0.154. The molecular formula is C13H12OS. The second kappa shape index (κ2) is 4.41. The van der Waals surface area contributed by atoms with E-state index < -0.39 is 0 Å².